The number of aliphatic imine (C=N–C) groups is 1. The molecule has 2 aromatic rings. The maximum absolute atomic E-state index is 5.25. The molecule has 0 saturated heterocycles. The molecule has 0 radical (unpaired) electrons. The number of thiazole rings is 1. The Morgan fingerprint density at radius 3 is 2.60 bits per heavy atom. The molecule has 0 bridgehead atoms. The van der Waals surface area contributed by atoms with Gasteiger partial charge in [0.05, 0.1) is 12.2 Å². The van der Waals surface area contributed by atoms with Crippen molar-refractivity contribution in [2.45, 2.75) is 59.4 Å². The van der Waals surface area contributed by atoms with Crippen LogP contribution in [0.1, 0.15) is 68.9 Å². The van der Waals surface area contributed by atoms with Crippen LogP contribution in [-0.2, 0) is 13.0 Å². The van der Waals surface area contributed by atoms with E-state index in [1.807, 2.05) is 20.8 Å². The van der Waals surface area contributed by atoms with Crippen LogP contribution in [0.25, 0.3) is 0 Å². The predicted octanol–water partition coefficient (Wildman–Crippen LogP) is 3.07. The monoisotopic (exact) mass is 364 g/mol. The molecule has 0 amide bonds. The third kappa shape index (κ3) is 6.12. The highest BCUT2D eigenvalue weighted by molar-refractivity contribution is 7.09. The van der Waals surface area contributed by atoms with Crippen molar-refractivity contribution in [2.24, 2.45) is 4.99 Å². The Kier molecular flexibility index (Phi) is 7.36. The van der Waals surface area contributed by atoms with E-state index in [-0.39, 0.29) is 5.92 Å². The fourth-order valence-electron chi connectivity index (χ4n) is 2.04. The van der Waals surface area contributed by atoms with Crippen LogP contribution in [0.3, 0.4) is 0 Å². The van der Waals surface area contributed by atoms with E-state index in [1.54, 1.807) is 11.3 Å². The van der Waals surface area contributed by atoms with Crippen LogP contribution < -0.4 is 10.6 Å². The normalized spacial score (nSPS) is 12.2. The molecule has 0 unspecified atom stereocenters. The summed E-state index contributed by atoms with van der Waals surface area (Å²) >= 11 is 1.66. The van der Waals surface area contributed by atoms with Crippen molar-refractivity contribution in [1.29, 1.82) is 0 Å². The molecule has 138 valence electrons. The Bertz CT molecular complexity index is 676. The molecular formula is C17H28N6OS. The van der Waals surface area contributed by atoms with Gasteiger partial charge in [-0.15, -0.1) is 11.3 Å². The maximum atomic E-state index is 5.25. The summed E-state index contributed by atoms with van der Waals surface area (Å²) in [7, 11) is 0. The first-order valence-electron chi connectivity index (χ1n) is 8.78. The largest absolute Gasteiger partial charge is 0.357 e. The number of rotatable bonds is 8. The number of hydrogen-bond donors (Lipinski definition) is 2. The third-order valence-electron chi connectivity index (χ3n) is 3.51. The lowest BCUT2D eigenvalue weighted by atomic mass is 10.2. The van der Waals surface area contributed by atoms with E-state index in [2.05, 4.69) is 50.0 Å². The SMILES string of the molecule is CCNC(=NCc1nc(C(C)C)cs1)NCCc1nc(C(C)C)no1. The average molecular weight is 365 g/mol. The van der Waals surface area contributed by atoms with E-state index in [0.717, 1.165) is 29.0 Å². The highest BCUT2D eigenvalue weighted by Crippen LogP contribution is 2.18. The van der Waals surface area contributed by atoms with Crippen molar-refractivity contribution in [1.82, 2.24) is 25.8 Å². The lowest BCUT2D eigenvalue weighted by Crippen LogP contribution is -2.38. The second-order valence-corrected chi connectivity index (χ2v) is 7.34. The van der Waals surface area contributed by atoms with Crippen molar-refractivity contribution in [3.05, 3.63) is 27.8 Å². The first-order valence-corrected chi connectivity index (χ1v) is 9.66. The fourth-order valence-corrected chi connectivity index (χ4v) is 2.92. The summed E-state index contributed by atoms with van der Waals surface area (Å²) in [6, 6.07) is 0. The summed E-state index contributed by atoms with van der Waals surface area (Å²) in [5.41, 5.74) is 1.13. The quantitative estimate of drug-likeness (QED) is 0.553. The van der Waals surface area contributed by atoms with Crippen molar-refractivity contribution >= 4 is 17.3 Å². The molecule has 0 atom stereocenters. The minimum atomic E-state index is 0.276. The van der Waals surface area contributed by atoms with Gasteiger partial charge in [0.1, 0.15) is 5.01 Å². The van der Waals surface area contributed by atoms with Crippen LogP contribution in [0.4, 0.5) is 0 Å². The number of aromatic nitrogens is 3. The molecular weight excluding hydrogens is 336 g/mol. The molecule has 0 aliphatic rings. The van der Waals surface area contributed by atoms with E-state index >= 15 is 0 Å². The smallest absolute Gasteiger partial charge is 0.228 e. The summed E-state index contributed by atoms with van der Waals surface area (Å²) in [5.74, 6) is 2.89. The van der Waals surface area contributed by atoms with Gasteiger partial charge in [0.25, 0.3) is 0 Å². The fraction of sp³-hybridized carbons (Fsp3) is 0.647. The first-order chi connectivity index (χ1) is 12.0. The van der Waals surface area contributed by atoms with E-state index in [0.29, 0.717) is 31.3 Å². The summed E-state index contributed by atoms with van der Waals surface area (Å²) in [6.07, 6.45) is 0.666. The summed E-state index contributed by atoms with van der Waals surface area (Å²) in [5, 5.41) is 13.6. The molecule has 0 aliphatic heterocycles. The van der Waals surface area contributed by atoms with Gasteiger partial charge in [0, 0.05) is 30.8 Å². The Hall–Kier alpha value is -1.96. The molecule has 8 heteroatoms. The second kappa shape index (κ2) is 9.50. The Labute approximate surface area is 153 Å². The summed E-state index contributed by atoms with van der Waals surface area (Å²) in [4.78, 5) is 13.6. The van der Waals surface area contributed by atoms with Crippen LogP contribution in [0.5, 0.6) is 0 Å². The van der Waals surface area contributed by atoms with Gasteiger partial charge in [-0.2, -0.15) is 4.98 Å². The molecule has 2 heterocycles. The average Bonchev–Trinajstić information content (AvgIpc) is 3.22. The minimum Gasteiger partial charge on any atom is -0.357 e. The molecule has 2 rings (SSSR count). The highest BCUT2D eigenvalue weighted by Gasteiger charge is 2.10. The van der Waals surface area contributed by atoms with E-state index in [1.165, 1.54) is 0 Å². The van der Waals surface area contributed by atoms with E-state index in [9.17, 15) is 0 Å². The minimum absolute atomic E-state index is 0.276. The summed E-state index contributed by atoms with van der Waals surface area (Å²) < 4.78 is 5.25. The van der Waals surface area contributed by atoms with Crippen LogP contribution in [-0.4, -0.2) is 34.2 Å². The molecule has 2 aromatic heterocycles. The van der Waals surface area contributed by atoms with Gasteiger partial charge >= 0.3 is 0 Å². The topological polar surface area (TPSA) is 88.2 Å². The Morgan fingerprint density at radius 1 is 1.20 bits per heavy atom. The molecule has 0 aromatic carbocycles. The van der Waals surface area contributed by atoms with Gasteiger partial charge in [-0.05, 0) is 12.8 Å². The number of guanidine groups is 1. The number of hydrogen-bond acceptors (Lipinski definition) is 6. The van der Waals surface area contributed by atoms with Crippen LogP contribution in [0.15, 0.2) is 14.9 Å². The predicted molar refractivity (Wildman–Crippen MR) is 101 cm³/mol. The lowest BCUT2D eigenvalue weighted by molar-refractivity contribution is 0.371. The number of nitrogens with zero attached hydrogens (tertiary/aromatic N) is 4. The van der Waals surface area contributed by atoms with Crippen molar-refractivity contribution < 1.29 is 4.52 Å². The zero-order valence-corrected chi connectivity index (χ0v) is 16.5. The third-order valence-corrected chi connectivity index (χ3v) is 4.36. The Morgan fingerprint density at radius 2 is 2.00 bits per heavy atom. The van der Waals surface area contributed by atoms with Crippen molar-refractivity contribution in [2.75, 3.05) is 13.1 Å². The van der Waals surface area contributed by atoms with Crippen LogP contribution in [0.2, 0.25) is 0 Å². The molecule has 2 N–H and O–H groups in total. The zero-order valence-electron chi connectivity index (χ0n) is 15.7. The number of nitrogens with one attached hydrogen (secondary N) is 2. The lowest BCUT2D eigenvalue weighted by Gasteiger charge is -2.09. The van der Waals surface area contributed by atoms with Crippen molar-refractivity contribution in [3.63, 3.8) is 0 Å². The van der Waals surface area contributed by atoms with Crippen LogP contribution >= 0.6 is 11.3 Å². The van der Waals surface area contributed by atoms with Gasteiger partial charge in [0.2, 0.25) is 5.89 Å². The molecule has 0 fully saturated rings. The molecule has 7 nitrogen and oxygen atoms in total. The van der Waals surface area contributed by atoms with Gasteiger partial charge in [-0.25, -0.2) is 9.98 Å². The second-order valence-electron chi connectivity index (χ2n) is 6.39. The molecule has 25 heavy (non-hydrogen) atoms. The maximum Gasteiger partial charge on any atom is 0.228 e. The van der Waals surface area contributed by atoms with Gasteiger partial charge in [-0.1, -0.05) is 32.9 Å². The van der Waals surface area contributed by atoms with Gasteiger partial charge < -0.3 is 15.2 Å². The first kappa shape index (κ1) is 19.4. The molecule has 0 saturated carbocycles. The summed E-state index contributed by atoms with van der Waals surface area (Å²) in [6.45, 7) is 12.5. The molecule has 0 spiro atoms. The highest BCUT2D eigenvalue weighted by atomic mass is 32.1. The van der Waals surface area contributed by atoms with Crippen LogP contribution in [0, 0.1) is 0 Å². The standard InChI is InChI=1S/C17H28N6OS/c1-6-18-17(20-9-15-21-13(10-25-15)11(2)3)19-8-7-14-22-16(12(4)5)23-24-14/h10-12H,6-9H2,1-5H3,(H2,18,19,20). The zero-order chi connectivity index (χ0) is 18.2. The van der Waals surface area contributed by atoms with Gasteiger partial charge in [-0.3, -0.25) is 0 Å². The Balaban J connectivity index is 1.86. The van der Waals surface area contributed by atoms with Gasteiger partial charge in [0.15, 0.2) is 11.8 Å². The molecule has 0 aliphatic carbocycles. The van der Waals surface area contributed by atoms with E-state index in [4.69, 9.17) is 4.52 Å². The van der Waals surface area contributed by atoms with Crippen molar-refractivity contribution in [3.8, 4) is 0 Å². The van der Waals surface area contributed by atoms with E-state index < -0.39 is 0 Å².